The van der Waals surface area contributed by atoms with Gasteiger partial charge in [0.15, 0.2) is 17.9 Å². The first kappa shape index (κ1) is 12.4. The van der Waals surface area contributed by atoms with E-state index in [1.165, 1.54) is 0 Å². The molecule has 0 bridgehead atoms. The molecule has 0 radical (unpaired) electrons. The van der Waals surface area contributed by atoms with Gasteiger partial charge in [-0.1, -0.05) is 5.92 Å². The van der Waals surface area contributed by atoms with Crippen molar-refractivity contribution < 1.29 is 23.7 Å². The summed E-state index contributed by atoms with van der Waals surface area (Å²) in [4.78, 5) is 0. The Kier molecular flexibility index (Phi) is 2.54. The van der Waals surface area contributed by atoms with Gasteiger partial charge >= 0.3 is 0 Å². The molecule has 5 heteroatoms. The van der Waals surface area contributed by atoms with Crippen LogP contribution < -0.4 is 0 Å². The van der Waals surface area contributed by atoms with Gasteiger partial charge in [-0.3, -0.25) is 0 Å². The summed E-state index contributed by atoms with van der Waals surface area (Å²) in [6, 6.07) is 0. The third kappa shape index (κ3) is 1.85. The van der Waals surface area contributed by atoms with Crippen molar-refractivity contribution in [1.29, 1.82) is 0 Å². The summed E-state index contributed by atoms with van der Waals surface area (Å²) < 4.78 is 28.9. The van der Waals surface area contributed by atoms with Crippen LogP contribution in [0, 0.1) is 12.3 Å². The van der Waals surface area contributed by atoms with Gasteiger partial charge < -0.3 is 23.7 Å². The average molecular weight is 254 g/mol. The van der Waals surface area contributed by atoms with Crippen LogP contribution in [0.2, 0.25) is 0 Å². The summed E-state index contributed by atoms with van der Waals surface area (Å²) in [6.45, 7) is 7.40. The number of fused-ring (bicyclic) bond motifs is 3. The van der Waals surface area contributed by atoms with E-state index in [0.29, 0.717) is 0 Å². The topological polar surface area (TPSA) is 46.2 Å². The summed E-state index contributed by atoms with van der Waals surface area (Å²) >= 11 is 0. The molecule has 3 fully saturated rings. The zero-order chi connectivity index (χ0) is 13.1. The van der Waals surface area contributed by atoms with Crippen LogP contribution in [0.3, 0.4) is 0 Å². The molecule has 0 unspecified atom stereocenters. The Bertz CT molecular complexity index is 397. The smallest absolute Gasteiger partial charge is 0.191 e. The fourth-order valence-electron chi connectivity index (χ4n) is 2.75. The van der Waals surface area contributed by atoms with Crippen LogP contribution in [0.25, 0.3) is 0 Å². The SMILES string of the molecule is C#C[C@H]1O[C@@H]2OC(C)(C)O[C@@H]2[C@H]2OC(C)(C)O[C@H]21. The minimum Gasteiger partial charge on any atom is -0.341 e. The Labute approximate surface area is 107 Å². The van der Waals surface area contributed by atoms with Gasteiger partial charge in [-0.05, 0) is 27.7 Å². The van der Waals surface area contributed by atoms with Crippen LogP contribution in [-0.4, -0.2) is 42.3 Å². The second kappa shape index (κ2) is 3.69. The van der Waals surface area contributed by atoms with Crippen molar-refractivity contribution in [3.05, 3.63) is 0 Å². The molecule has 3 saturated heterocycles. The zero-order valence-electron chi connectivity index (χ0n) is 11.0. The lowest BCUT2D eigenvalue weighted by molar-refractivity contribution is -0.220. The zero-order valence-corrected chi connectivity index (χ0v) is 11.0. The average Bonchev–Trinajstić information content (AvgIpc) is 2.71. The van der Waals surface area contributed by atoms with E-state index in [1.54, 1.807) is 0 Å². The van der Waals surface area contributed by atoms with E-state index in [4.69, 9.17) is 30.1 Å². The third-order valence-corrected chi connectivity index (χ3v) is 3.32. The van der Waals surface area contributed by atoms with Gasteiger partial charge in [-0.2, -0.15) is 0 Å². The normalized spacial score (nSPS) is 48.3. The molecule has 0 aliphatic carbocycles. The minimum absolute atomic E-state index is 0.262. The van der Waals surface area contributed by atoms with Crippen LogP contribution in [0.5, 0.6) is 0 Å². The molecule has 0 aromatic heterocycles. The fourth-order valence-corrected chi connectivity index (χ4v) is 2.75. The van der Waals surface area contributed by atoms with Gasteiger partial charge in [-0.15, -0.1) is 6.42 Å². The van der Waals surface area contributed by atoms with Gasteiger partial charge in [0, 0.05) is 0 Å². The largest absolute Gasteiger partial charge is 0.341 e. The molecule has 0 saturated carbocycles. The third-order valence-electron chi connectivity index (χ3n) is 3.32. The first-order valence-corrected chi connectivity index (χ1v) is 6.14. The van der Waals surface area contributed by atoms with Gasteiger partial charge in [0.2, 0.25) is 0 Å². The molecule has 5 atom stereocenters. The van der Waals surface area contributed by atoms with Gasteiger partial charge in [-0.25, -0.2) is 0 Å². The molecule has 3 rings (SSSR count). The first-order valence-electron chi connectivity index (χ1n) is 6.14. The molecule has 18 heavy (non-hydrogen) atoms. The summed E-state index contributed by atoms with van der Waals surface area (Å²) in [5, 5.41) is 0. The Morgan fingerprint density at radius 3 is 2.06 bits per heavy atom. The highest BCUT2D eigenvalue weighted by Crippen LogP contribution is 2.43. The Morgan fingerprint density at radius 1 is 0.833 bits per heavy atom. The van der Waals surface area contributed by atoms with Crippen molar-refractivity contribution in [2.45, 2.75) is 70.0 Å². The van der Waals surface area contributed by atoms with Crippen LogP contribution >= 0.6 is 0 Å². The number of hydrogen-bond donors (Lipinski definition) is 0. The van der Waals surface area contributed by atoms with E-state index >= 15 is 0 Å². The van der Waals surface area contributed by atoms with E-state index < -0.39 is 24.0 Å². The maximum Gasteiger partial charge on any atom is 0.191 e. The predicted molar refractivity (Wildman–Crippen MR) is 61.4 cm³/mol. The second-order valence-corrected chi connectivity index (χ2v) is 5.76. The molecule has 100 valence electrons. The van der Waals surface area contributed by atoms with Gasteiger partial charge in [0.05, 0.1) is 0 Å². The number of hydrogen-bond acceptors (Lipinski definition) is 5. The predicted octanol–water partition coefficient (Wildman–Crippen LogP) is 1.02. The van der Waals surface area contributed by atoms with Crippen molar-refractivity contribution in [3.63, 3.8) is 0 Å². The fraction of sp³-hybridized carbons (Fsp3) is 0.846. The van der Waals surface area contributed by atoms with Crippen molar-refractivity contribution in [3.8, 4) is 12.3 Å². The molecular formula is C13H18O5. The summed E-state index contributed by atoms with van der Waals surface area (Å²) in [5.74, 6) is 1.21. The number of rotatable bonds is 0. The van der Waals surface area contributed by atoms with E-state index in [1.807, 2.05) is 27.7 Å². The van der Waals surface area contributed by atoms with Crippen molar-refractivity contribution >= 4 is 0 Å². The summed E-state index contributed by atoms with van der Waals surface area (Å²) in [5.41, 5.74) is 0. The van der Waals surface area contributed by atoms with Crippen LogP contribution in [-0.2, 0) is 23.7 Å². The molecule has 0 N–H and O–H groups in total. The molecule has 3 heterocycles. The lowest BCUT2D eigenvalue weighted by Crippen LogP contribution is -2.54. The molecular weight excluding hydrogens is 236 g/mol. The molecule has 5 nitrogen and oxygen atoms in total. The maximum atomic E-state index is 5.89. The molecule has 0 spiro atoms. The van der Waals surface area contributed by atoms with Crippen molar-refractivity contribution in [2.75, 3.05) is 0 Å². The van der Waals surface area contributed by atoms with Crippen molar-refractivity contribution in [1.82, 2.24) is 0 Å². The maximum absolute atomic E-state index is 5.89. The highest BCUT2D eigenvalue weighted by atomic mass is 16.9. The quantitative estimate of drug-likeness (QED) is 0.604. The lowest BCUT2D eigenvalue weighted by Gasteiger charge is -2.34. The van der Waals surface area contributed by atoms with E-state index in [-0.39, 0.29) is 18.3 Å². The number of ether oxygens (including phenoxy) is 5. The highest BCUT2D eigenvalue weighted by molar-refractivity contribution is 5.10. The second-order valence-electron chi connectivity index (χ2n) is 5.76. The summed E-state index contributed by atoms with van der Waals surface area (Å²) in [6.07, 6.45) is 3.63. The van der Waals surface area contributed by atoms with Crippen LogP contribution in [0.1, 0.15) is 27.7 Å². The van der Waals surface area contributed by atoms with E-state index in [2.05, 4.69) is 5.92 Å². The van der Waals surface area contributed by atoms with Crippen molar-refractivity contribution in [2.24, 2.45) is 0 Å². The highest BCUT2D eigenvalue weighted by Gasteiger charge is 2.60. The minimum atomic E-state index is -0.695. The van der Waals surface area contributed by atoms with E-state index in [0.717, 1.165) is 0 Å². The van der Waals surface area contributed by atoms with Crippen LogP contribution in [0.4, 0.5) is 0 Å². The lowest BCUT2D eigenvalue weighted by atomic mass is 9.99. The van der Waals surface area contributed by atoms with Crippen LogP contribution in [0.15, 0.2) is 0 Å². The molecule has 3 aliphatic rings. The molecule has 0 aromatic carbocycles. The Morgan fingerprint density at radius 2 is 1.39 bits per heavy atom. The van der Waals surface area contributed by atoms with Gasteiger partial charge in [0.1, 0.15) is 24.4 Å². The standard InChI is InChI=1S/C13H18O5/c1-6-7-8-9(16-12(2,3)15-8)10-11(14-7)18-13(4,5)17-10/h1,7-11H,2-5H3/t7-,8+,9+,10-,11-/m1/s1. The molecule has 0 amide bonds. The van der Waals surface area contributed by atoms with Gasteiger partial charge in [0.25, 0.3) is 0 Å². The Hall–Kier alpha value is -0.640. The number of terminal acetylenes is 1. The first-order chi connectivity index (χ1) is 8.31. The van der Waals surface area contributed by atoms with E-state index in [9.17, 15) is 0 Å². The summed E-state index contributed by atoms with van der Waals surface area (Å²) in [7, 11) is 0. The molecule has 3 aliphatic heterocycles. The Balaban J connectivity index is 1.89. The molecule has 0 aromatic rings. The monoisotopic (exact) mass is 254 g/mol.